The van der Waals surface area contributed by atoms with Gasteiger partial charge in [0.2, 0.25) is 0 Å². The van der Waals surface area contributed by atoms with Gasteiger partial charge in [-0.25, -0.2) is 4.98 Å². The molecule has 6 nitrogen and oxygen atoms in total. The number of fused-ring (bicyclic) bond motifs is 1. The molecule has 3 saturated heterocycles. The summed E-state index contributed by atoms with van der Waals surface area (Å²) in [5.74, 6) is 1.65. The van der Waals surface area contributed by atoms with Crippen LogP contribution in [-0.4, -0.2) is 68.8 Å². The first-order valence-electron chi connectivity index (χ1n) is 10.6. The van der Waals surface area contributed by atoms with Crippen LogP contribution >= 0.6 is 0 Å². The van der Waals surface area contributed by atoms with Gasteiger partial charge in [0.05, 0.1) is 5.56 Å². The molecule has 0 unspecified atom stereocenters. The molecule has 150 valence electrons. The smallest absolute Gasteiger partial charge is 0.146 e. The molecule has 0 saturated carbocycles. The molecule has 0 aliphatic carbocycles. The third-order valence-electron chi connectivity index (χ3n) is 6.76. The molecule has 5 rings (SSSR count). The molecule has 4 heterocycles. The molecule has 2 atom stereocenters. The highest BCUT2D eigenvalue weighted by Gasteiger charge is 2.40. The van der Waals surface area contributed by atoms with E-state index in [1.807, 2.05) is 12.1 Å². The minimum atomic E-state index is 0.659. The number of likely N-dealkylation sites (N-methyl/N-ethyl adjacent to an activating group) is 1. The van der Waals surface area contributed by atoms with Gasteiger partial charge in [0, 0.05) is 69.4 Å². The summed E-state index contributed by atoms with van der Waals surface area (Å²) in [7, 11) is 2.24. The first-order valence-corrected chi connectivity index (χ1v) is 10.6. The maximum atomic E-state index is 9.33. The molecule has 1 aromatic heterocycles. The molecule has 3 fully saturated rings. The number of aromatic nitrogens is 1. The van der Waals surface area contributed by atoms with Crippen LogP contribution in [0.25, 0.3) is 0 Å². The van der Waals surface area contributed by atoms with Gasteiger partial charge in [0.15, 0.2) is 0 Å². The van der Waals surface area contributed by atoms with E-state index in [0.29, 0.717) is 11.6 Å². The van der Waals surface area contributed by atoms with E-state index in [1.165, 1.54) is 37.4 Å². The Labute approximate surface area is 173 Å². The third-order valence-corrected chi connectivity index (χ3v) is 6.76. The summed E-state index contributed by atoms with van der Waals surface area (Å²) in [6, 6.07) is 15.8. The Morgan fingerprint density at radius 3 is 2.41 bits per heavy atom. The van der Waals surface area contributed by atoms with Gasteiger partial charge in [-0.05, 0) is 55.8 Å². The quantitative estimate of drug-likeness (QED) is 0.805. The van der Waals surface area contributed by atoms with Crippen molar-refractivity contribution >= 4 is 17.2 Å². The maximum absolute atomic E-state index is 9.33. The van der Waals surface area contributed by atoms with Crippen LogP contribution in [0.2, 0.25) is 0 Å². The Morgan fingerprint density at radius 1 is 0.931 bits per heavy atom. The van der Waals surface area contributed by atoms with Gasteiger partial charge in [-0.2, -0.15) is 5.26 Å². The van der Waals surface area contributed by atoms with Crippen LogP contribution in [-0.2, 0) is 0 Å². The van der Waals surface area contributed by atoms with Gasteiger partial charge >= 0.3 is 0 Å². The van der Waals surface area contributed by atoms with Crippen LogP contribution in [0.1, 0.15) is 12.0 Å². The number of pyridine rings is 1. The predicted octanol–water partition coefficient (Wildman–Crippen LogP) is 2.42. The summed E-state index contributed by atoms with van der Waals surface area (Å²) >= 11 is 0. The molecule has 29 heavy (non-hydrogen) atoms. The molecule has 0 spiro atoms. The summed E-state index contributed by atoms with van der Waals surface area (Å²) in [6.07, 6.45) is 3.09. The fourth-order valence-electron chi connectivity index (χ4n) is 5.26. The molecule has 0 amide bonds. The molecular formula is C23H28N6. The lowest BCUT2D eigenvalue weighted by Gasteiger charge is -2.37. The van der Waals surface area contributed by atoms with Crippen molar-refractivity contribution in [2.75, 3.05) is 67.6 Å². The van der Waals surface area contributed by atoms with Crippen molar-refractivity contribution in [3.63, 3.8) is 0 Å². The van der Waals surface area contributed by atoms with Gasteiger partial charge in [0.1, 0.15) is 11.9 Å². The Hall–Kier alpha value is -2.78. The minimum absolute atomic E-state index is 0.659. The zero-order chi connectivity index (χ0) is 19.8. The van der Waals surface area contributed by atoms with Gasteiger partial charge in [-0.1, -0.05) is 0 Å². The number of anilines is 3. The molecule has 0 N–H and O–H groups in total. The Bertz CT molecular complexity index is 896. The zero-order valence-electron chi connectivity index (χ0n) is 17.0. The van der Waals surface area contributed by atoms with E-state index < -0.39 is 0 Å². The summed E-state index contributed by atoms with van der Waals surface area (Å²) in [5, 5.41) is 9.33. The average Bonchev–Trinajstić information content (AvgIpc) is 3.33. The lowest BCUT2D eigenvalue weighted by atomic mass is 10.0. The Morgan fingerprint density at radius 2 is 1.66 bits per heavy atom. The molecule has 6 heteroatoms. The molecule has 0 bridgehead atoms. The zero-order valence-corrected chi connectivity index (χ0v) is 17.0. The van der Waals surface area contributed by atoms with Crippen molar-refractivity contribution in [2.45, 2.75) is 12.5 Å². The normalized spacial score (nSPS) is 24.6. The van der Waals surface area contributed by atoms with E-state index in [9.17, 15) is 5.26 Å². The largest absolute Gasteiger partial charge is 0.368 e. The summed E-state index contributed by atoms with van der Waals surface area (Å²) in [5.41, 5.74) is 3.31. The van der Waals surface area contributed by atoms with E-state index >= 15 is 0 Å². The van der Waals surface area contributed by atoms with E-state index in [1.54, 1.807) is 6.20 Å². The van der Waals surface area contributed by atoms with Gasteiger partial charge in [0.25, 0.3) is 0 Å². The topological polar surface area (TPSA) is 49.6 Å². The number of hydrogen-bond donors (Lipinski definition) is 0. The number of nitrogens with zero attached hydrogens (tertiary/aromatic N) is 6. The van der Waals surface area contributed by atoms with Gasteiger partial charge < -0.3 is 19.6 Å². The molecule has 0 radical (unpaired) electrons. The van der Waals surface area contributed by atoms with Crippen LogP contribution in [0.3, 0.4) is 0 Å². The standard InChI is InChI=1S/C23H28N6/c1-26-16-19-8-10-29(22(19)17-26)21-6-4-20(5-7-21)27-11-13-28(14-12-27)23-18(15-24)3-2-9-25-23/h2-7,9,19,22H,8,10-14,16-17H2,1H3/t19-,22+/m1/s1. The molecule has 2 aromatic rings. The summed E-state index contributed by atoms with van der Waals surface area (Å²) in [4.78, 5) is 14.2. The van der Waals surface area contributed by atoms with E-state index in [-0.39, 0.29) is 0 Å². The average molecular weight is 389 g/mol. The van der Waals surface area contributed by atoms with E-state index in [0.717, 1.165) is 37.9 Å². The van der Waals surface area contributed by atoms with Crippen molar-refractivity contribution in [3.05, 3.63) is 48.2 Å². The van der Waals surface area contributed by atoms with Crippen molar-refractivity contribution in [1.82, 2.24) is 9.88 Å². The summed E-state index contributed by atoms with van der Waals surface area (Å²) in [6.45, 7) is 7.28. The SMILES string of the molecule is CN1C[C@H]2CCN(c3ccc(N4CCN(c5ncccc5C#N)CC4)cc3)[C@H]2C1. The second kappa shape index (κ2) is 7.57. The lowest BCUT2D eigenvalue weighted by molar-refractivity contribution is 0.386. The van der Waals surface area contributed by atoms with Crippen LogP contribution < -0.4 is 14.7 Å². The third kappa shape index (κ3) is 3.40. The Kier molecular flexibility index (Phi) is 4.76. The van der Waals surface area contributed by atoms with Crippen LogP contribution in [0.4, 0.5) is 17.2 Å². The molecule has 3 aliphatic rings. The highest BCUT2D eigenvalue weighted by molar-refractivity contribution is 5.59. The second-order valence-corrected chi connectivity index (χ2v) is 8.51. The highest BCUT2D eigenvalue weighted by atomic mass is 15.3. The van der Waals surface area contributed by atoms with E-state index in [2.05, 4.69) is 62.0 Å². The number of rotatable bonds is 3. The highest BCUT2D eigenvalue weighted by Crippen LogP contribution is 2.35. The van der Waals surface area contributed by atoms with Gasteiger partial charge in [-0.3, -0.25) is 0 Å². The number of benzene rings is 1. The number of piperazine rings is 1. The van der Waals surface area contributed by atoms with Gasteiger partial charge in [-0.15, -0.1) is 0 Å². The fourth-order valence-corrected chi connectivity index (χ4v) is 5.26. The molecule has 1 aromatic carbocycles. The molecular weight excluding hydrogens is 360 g/mol. The fraction of sp³-hybridized carbons (Fsp3) is 0.478. The van der Waals surface area contributed by atoms with Crippen molar-refractivity contribution in [1.29, 1.82) is 5.26 Å². The lowest BCUT2D eigenvalue weighted by Crippen LogP contribution is -2.47. The monoisotopic (exact) mass is 388 g/mol. The van der Waals surface area contributed by atoms with Crippen molar-refractivity contribution in [3.8, 4) is 6.07 Å². The van der Waals surface area contributed by atoms with Crippen LogP contribution in [0, 0.1) is 17.2 Å². The van der Waals surface area contributed by atoms with Crippen molar-refractivity contribution in [2.24, 2.45) is 5.92 Å². The summed E-state index contributed by atoms with van der Waals surface area (Å²) < 4.78 is 0. The number of nitriles is 1. The molecule has 3 aliphatic heterocycles. The van der Waals surface area contributed by atoms with Crippen LogP contribution in [0.5, 0.6) is 0 Å². The maximum Gasteiger partial charge on any atom is 0.146 e. The minimum Gasteiger partial charge on any atom is -0.368 e. The first kappa shape index (κ1) is 18.3. The predicted molar refractivity (Wildman–Crippen MR) is 117 cm³/mol. The Balaban J connectivity index is 1.24. The van der Waals surface area contributed by atoms with Crippen LogP contribution in [0.15, 0.2) is 42.6 Å². The second-order valence-electron chi connectivity index (χ2n) is 8.51. The van der Waals surface area contributed by atoms with E-state index in [4.69, 9.17) is 0 Å². The number of hydrogen-bond acceptors (Lipinski definition) is 6. The van der Waals surface area contributed by atoms with Crippen molar-refractivity contribution < 1.29 is 0 Å². The number of likely N-dealkylation sites (tertiary alicyclic amines) is 1. The first-order chi connectivity index (χ1) is 14.2.